The summed E-state index contributed by atoms with van der Waals surface area (Å²) in [5.74, 6) is 0. The Labute approximate surface area is 196 Å². The predicted molar refractivity (Wildman–Crippen MR) is 132 cm³/mol. The van der Waals surface area contributed by atoms with Gasteiger partial charge >= 0.3 is 17.5 Å². The summed E-state index contributed by atoms with van der Waals surface area (Å²) in [6.07, 6.45) is 18.1. The Hall–Kier alpha value is -2.38. The zero-order valence-electron chi connectivity index (χ0n) is 20.7. The number of rotatable bonds is 16. The fourth-order valence-corrected chi connectivity index (χ4v) is 4.21. The molecular weight excluding hydrogens is 420 g/mol. The molecule has 0 atom stereocenters. The van der Waals surface area contributed by atoms with Crippen LogP contribution in [0.2, 0.25) is 0 Å². The van der Waals surface area contributed by atoms with Crippen molar-refractivity contribution in [2.45, 2.75) is 117 Å². The number of ether oxygens (including phenoxy) is 1. The molecule has 0 aliphatic carbocycles. The highest BCUT2D eigenvalue weighted by Gasteiger charge is 2.22. The van der Waals surface area contributed by atoms with E-state index in [1.165, 1.54) is 81.4 Å². The molecule has 0 aromatic carbocycles. The summed E-state index contributed by atoms with van der Waals surface area (Å²) in [4.78, 5) is 43.0. The van der Waals surface area contributed by atoms with Crippen molar-refractivity contribution in [3.8, 4) is 0 Å². The maximum atomic E-state index is 12.7. The average molecular weight is 463 g/mol. The molecule has 0 aliphatic heterocycles. The predicted octanol–water partition coefficient (Wildman–Crippen LogP) is 5.93. The standard InChI is InChI=1S/C25H42N4O4/c1-4-5-6-7-8-9-10-11-12-13-14-15-16-17-18-33-25(32)29-21-19-26-23(30)27-22(21)28(20(2)3)24(29)31/h19-20H,4-18H2,1-3H3,(H,26,27,30). The molecule has 0 saturated carbocycles. The Kier molecular flexibility index (Phi) is 12.0. The van der Waals surface area contributed by atoms with Gasteiger partial charge in [0.15, 0.2) is 0 Å². The van der Waals surface area contributed by atoms with E-state index in [2.05, 4.69) is 16.9 Å². The monoisotopic (exact) mass is 462 g/mol. The minimum atomic E-state index is -0.729. The van der Waals surface area contributed by atoms with Gasteiger partial charge in [-0.15, -0.1) is 0 Å². The van der Waals surface area contributed by atoms with Crippen molar-refractivity contribution in [1.82, 2.24) is 19.1 Å². The Morgan fingerprint density at radius 3 is 1.94 bits per heavy atom. The van der Waals surface area contributed by atoms with Crippen LogP contribution in [0.1, 0.15) is 117 Å². The quantitative estimate of drug-likeness (QED) is 0.312. The van der Waals surface area contributed by atoms with Gasteiger partial charge in [0.1, 0.15) is 11.2 Å². The smallest absolute Gasteiger partial charge is 0.422 e. The number of carbonyl (C=O) groups excluding carboxylic acids is 1. The zero-order valence-corrected chi connectivity index (χ0v) is 20.7. The molecule has 0 unspecified atom stereocenters. The largest absolute Gasteiger partial charge is 0.449 e. The molecule has 8 nitrogen and oxygen atoms in total. The first kappa shape index (κ1) is 26.9. The van der Waals surface area contributed by atoms with Crippen LogP contribution in [0.25, 0.3) is 11.2 Å². The minimum absolute atomic E-state index is 0.224. The first-order valence-electron chi connectivity index (χ1n) is 12.9. The van der Waals surface area contributed by atoms with Crippen LogP contribution in [0.4, 0.5) is 4.79 Å². The van der Waals surface area contributed by atoms with Gasteiger partial charge in [0.2, 0.25) is 0 Å². The van der Waals surface area contributed by atoms with E-state index in [0.717, 1.165) is 23.8 Å². The lowest BCUT2D eigenvalue weighted by molar-refractivity contribution is 0.145. The van der Waals surface area contributed by atoms with Crippen molar-refractivity contribution < 1.29 is 9.53 Å². The van der Waals surface area contributed by atoms with Gasteiger partial charge in [0.25, 0.3) is 0 Å². The molecule has 2 rings (SSSR count). The van der Waals surface area contributed by atoms with Crippen LogP contribution in [0.3, 0.4) is 0 Å². The first-order valence-corrected chi connectivity index (χ1v) is 12.9. The number of aromatic nitrogens is 4. The lowest BCUT2D eigenvalue weighted by atomic mass is 10.0. The lowest BCUT2D eigenvalue weighted by Gasteiger charge is -2.06. The van der Waals surface area contributed by atoms with Crippen molar-refractivity contribution in [2.75, 3.05) is 6.61 Å². The number of imidazole rings is 1. The Bertz CT molecular complexity index is 957. The molecule has 0 radical (unpaired) electrons. The molecule has 0 aliphatic rings. The summed E-state index contributed by atoms with van der Waals surface area (Å²) in [6, 6.07) is -0.224. The average Bonchev–Trinajstić information content (AvgIpc) is 3.07. The molecule has 1 N–H and O–H groups in total. The third-order valence-electron chi connectivity index (χ3n) is 6.07. The van der Waals surface area contributed by atoms with Gasteiger partial charge in [-0.2, -0.15) is 9.55 Å². The molecule has 0 amide bonds. The van der Waals surface area contributed by atoms with Crippen LogP contribution >= 0.6 is 0 Å². The van der Waals surface area contributed by atoms with Crippen LogP contribution in [-0.4, -0.2) is 31.8 Å². The summed E-state index contributed by atoms with van der Waals surface area (Å²) in [5.41, 5.74) is -0.567. The van der Waals surface area contributed by atoms with Gasteiger partial charge in [-0.25, -0.2) is 14.4 Å². The van der Waals surface area contributed by atoms with Crippen LogP contribution < -0.4 is 11.4 Å². The molecule has 33 heavy (non-hydrogen) atoms. The molecular formula is C25H42N4O4. The van der Waals surface area contributed by atoms with E-state index in [9.17, 15) is 14.4 Å². The van der Waals surface area contributed by atoms with Crippen molar-refractivity contribution >= 4 is 17.3 Å². The summed E-state index contributed by atoms with van der Waals surface area (Å²) >= 11 is 0. The van der Waals surface area contributed by atoms with Gasteiger partial charge in [0, 0.05) is 6.04 Å². The van der Waals surface area contributed by atoms with Crippen LogP contribution in [0, 0.1) is 0 Å². The topological polar surface area (TPSA) is 99.0 Å². The third kappa shape index (κ3) is 8.48. The third-order valence-corrected chi connectivity index (χ3v) is 6.07. The van der Waals surface area contributed by atoms with Crippen molar-refractivity contribution in [2.24, 2.45) is 0 Å². The van der Waals surface area contributed by atoms with Gasteiger partial charge in [-0.3, -0.25) is 9.55 Å². The summed E-state index contributed by atoms with van der Waals surface area (Å²) in [7, 11) is 0. The van der Waals surface area contributed by atoms with E-state index in [4.69, 9.17) is 4.74 Å². The van der Waals surface area contributed by atoms with E-state index in [0.29, 0.717) is 0 Å². The van der Waals surface area contributed by atoms with E-state index in [1.807, 2.05) is 13.8 Å². The molecule has 2 aromatic heterocycles. The molecule has 0 bridgehead atoms. The number of hydrogen-bond donors (Lipinski definition) is 1. The molecule has 0 fully saturated rings. The highest BCUT2D eigenvalue weighted by molar-refractivity contribution is 5.84. The fraction of sp³-hybridized carbons (Fsp3) is 0.760. The van der Waals surface area contributed by atoms with E-state index in [-0.39, 0.29) is 23.8 Å². The fourth-order valence-electron chi connectivity index (χ4n) is 4.21. The lowest BCUT2D eigenvalue weighted by Crippen LogP contribution is -2.31. The number of aromatic amines is 1. The van der Waals surface area contributed by atoms with Crippen LogP contribution in [-0.2, 0) is 4.74 Å². The Morgan fingerprint density at radius 2 is 1.42 bits per heavy atom. The molecule has 8 heteroatoms. The second kappa shape index (κ2) is 14.7. The summed E-state index contributed by atoms with van der Waals surface area (Å²) in [5, 5.41) is 0. The second-order valence-electron chi connectivity index (χ2n) is 9.21. The van der Waals surface area contributed by atoms with Crippen molar-refractivity contribution in [3.63, 3.8) is 0 Å². The van der Waals surface area contributed by atoms with Crippen molar-refractivity contribution in [3.05, 3.63) is 27.2 Å². The van der Waals surface area contributed by atoms with Gasteiger partial charge < -0.3 is 4.74 Å². The molecule has 2 heterocycles. The molecule has 2 aromatic rings. The maximum absolute atomic E-state index is 12.7. The Morgan fingerprint density at radius 1 is 0.909 bits per heavy atom. The molecule has 0 spiro atoms. The van der Waals surface area contributed by atoms with Gasteiger partial charge in [-0.05, 0) is 20.3 Å². The van der Waals surface area contributed by atoms with Gasteiger partial charge in [-0.1, -0.05) is 90.4 Å². The number of nitrogens with one attached hydrogen (secondary N) is 1. The van der Waals surface area contributed by atoms with Crippen LogP contribution in [0.5, 0.6) is 0 Å². The highest BCUT2D eigenvalue weighted by Crippen LogP contribution is 2.14. The van der Waals surface area contributed by atoms with E-state index < -0.39 is 17.5 Å². The number of unbranched alkanes of at least 4 members (excludes halogenated alkanes) is 13. The number of hydrogen-bond acceptors (Lipinski definition) is 5. The molecule has 0 saturated heterocycles. The van der Waals surface area contributed by atoms with E-state index in [1.54, 1.807) is 0 Å². The second-order valence-corrected chi connectivity index (χ2v) is 9.21. The van der Waals surface area contributed by atoms with E-state index >= 15 is 0 Å². The van der Waals surface area contributed by atoms with Crippen LogP contribution in [0.15, 0.2) is 15.8 Å². The SMILES string of the molecule is CCCCCCCCCCCCCCCCOC(=O)n1c(=O)n(C(C)C)c2[nH]c(=O)ncc21. The highest BCUT2D eigenvalue weighted by atomic mass is 16.5. The number of H-pyrrole nitrogens is 1. The number of fused-ring (bicyclic) bond motifs is 1. The molecule has 186 valence electrons. The normalized spacial score (nSPS) is 11.5. The summed E-state index contributed by atoms with van der Waals surface area (Å²) < 4.78 is 7.65. The minimum Gasteiger partial charge on any atom is -0.449 e. The zero-order chi connectivity index (χ0) is 24.1. The van der Waals surface area contributed by atoms with Gasteiger partial charge in [0.05, 0.1) is 12.8 Å². The van der Waals surface area contributed by atoms with Crippen molar-refractivity contribution in [1.29, 1.82) is 0 Å². The number of carbonyl (C=O) groups is 1. The summed E-state index contributed by atoms with van der Waals surface area (Å²) in [6.45, 7) is 6.15. The number of nitrogens with zero attached hydrogens (tertiary/aromatic N) is 3. The first-order chi connectivity index (χ1) is 16.0. The Balaban J connectivity index is 1.62. The maximum Gasteiger partial charge on any atom is 0.422 e.